The molecule has 22 heavy (non-hydrogen) atoms. The molecular weight excluding hydrogens is 316 g/mol. The van der Waals surface area contributed by atoms with Crippen LogP contribution in [-0.4, -0.2) is 52.9 Å². The SMILES string of the molecule is CC1CC(C)CN(C(=O)CSc2nnc(N3CCCC3)s2)C1. The Balaban J connectivity index is 1.50. The van der Waals surface area contributed by atoms with Crippen LogP contribution in [0.5, 0.6) is 0 Å². The van der Waals surface area contributed by atoms with E-state index in [4.69, 9.17) is 0 Å². The number of thioether (sulfide) groups is 1. The van der Waals surface area contributed by atoms with Crippen molar-refractivity contribution in [3.63, 3.8) is 0 Å². The van der Waals surface area contributed by atoms with Crippen LogP contribution in [0.25, 0.3) is 0 Å². The fourth-order valence-electron chi connectivity index (χ4n) is 3.38. The summed E-state index contributed by atoms with van der Waals surface area (Å²) >= 11 is 3.15. The van der Waals surface area contributed by atoms with Crippen LogP contribution in [-0.2, 0) is 4.79 Å². The quantitative estimate of drug-likeness (QED) is 0.789. The smallest absolute Gasteiger partial charge is 0.233 e. The number of amides is 1. The average Bonchev–Trinajstić information content (AvgIpc) is 3.14. The summed E-state index contributed by atoms with van der Waals surface area (Å²) in [7, 11) is 0. The maximum absolute atomic E-state index is 12.4. The highest BCUT2D eigenvalue weighted by Gasteiger charge is 2.25. The molecule has 1 aromatic rings. The summed E-state index contributed by atoms with van der Waals surface area (Å²) in [5, 5.41) is 9.50. The summed E-state index contributed by atoms with van der Waals surface area (Å²) in [6, 6.07) is 0. The van der Waals surface area contributed by atoms with Gasteiger partial charge in [-0.3, -0.25) is 4.79 Å². The van der Waals surface area contributed by atoms with E-state index in [9.17, 15) is 4.79 Å². The maximum Gasteiger partial charge on any atom is 0.233 e. The van der Waals surface area contributed by atoms with Crippen LogP contribution in [0.15, 0.2) is 4.34 Å². The van der Waals surface area contributed by atoms with Crippen molar-refractivity contribution < 1.29 is 4.79 Å². The first-order chi connectivity index (χ1) is 10.6. The largest absolute Gasteiger partial charge is 0.347 e. The Bertz CT molecular complexity index is 505. The summed E-state index contributed by atoms with van der Waals surface area (Å²) in [5.74, 6) is 1.94. The fourth-order valence-corrected chi connectivity index (χ4v) is 5.17. The third kappa shape index (κ3) is 3.93. The Labute approximate surface area is 140 Å². The zero-order valence-corrected chi connectivity index (χ0v) is 15.0. The topological polar surface area (TPSA) is 49.3 Å². The molecule has 0 bridgehead atoms. The summed E-state index contributed by atoms with van der Waals surface area (Å²) in [6.07, 6.45) is 3.71. The number of anilines is 1. The number of hydrogen-bond acceptors (Lipinski definition) is 6. The number of hydrogen-bond donors (Lipinski definition) is 0. The molecular formula is C15H24N4OS2. The Hall–Kier alpha value is -0.820. The standard InChI is InChI=1S/C15H24N4OS2/c1-11-7-12(2)9-19(8-11)13(20)10-21-15-17-16-14(22-15)18-5-3-4-6-18/h11-12H,3-10H2,1-2H3. The molecule has 5 nitrogen and oxygen atoms in total. The van der Waals surface area contributed by atoms with E-state index in [-0.39, 0.29) is 5.91 Å². The number of rotatable bonds is 4. The van der Waals surface area contributed by atoms with Gasteiger partial charge in [0.15, 0.2) is 4.34 Å². The van der Waals surface area contributed by atoms with Crippen molar-refractivity contribution in [1.29, 1.82) is 0 Å². The Morgan fingerprint density at radius 1 is 1.23 bits per heavy atom. The van der Waals surface area contributed by atoms with E-state index in [2.05, 4.69) is 28.9 Å². The molecule has 122 valence electrons. The van der Waals surface area contributed by atoms with Gasteiger partial charge in [0, 0.05) is 26.2 Å². The maximum atomic E-state index is 12.4. The van der Waals surface area contributed by atoms with Crippen LogP contribution in [0.3, 0.4) is 0 Å². The first-order valence-corrected chi connectivity index (χ1v) is 9.91. The molecule has 3 heterocycles. The number of carbonyl (C=O) groups excluding carboxylic acids is 1. The van der Waals surface area contributed by atoms with E-state index in [0.29, 0.717) is 17.6 Å². The van der Waals surface area contributed by atoms with E-state index in [1.165, 1.54) is 31.0 Å². The zero-order chi connectivity index (χ0) is 15.5. The average molecular weight is 341 g/mol. The van der Waals surface area contributed by atoms with Gasteiger partial charge in [0.1, 0.15) is 0 Å². The van der Waals surface area contributed by atoms with Crippen LogP contribution in [0.2, 0.25) is 0 Å². The normalized spacial score (nSPS) is 25.7. The lowest BCUT2D eigenvalue weighted by atomic mass is 9.92. The Morgan fingerprint density at radius 3 is 2.59 bits per heavy atom. The van der Waals surface area contributed by atoms with Crippen LogP contribution < -0.4 is 4.90 Å². The third-order valence-electron chi connectivity index (χ3n) is 4.31. The Kier molecular flexibility index (Phi) is 5.23. The highest BCUT2D eigenvalue weighted by atomic mass is 32.2. The van der Waals surface area contributed by atoms with Crippen molar-refractivity contribution in [3.8, 4) is 0 Å². The van der Waals surface area contributed by atoms with Gasteiger partial charge in [-0.1, -0.05) is 36.9 Å². The molecule has 2 unspecified atom stereocenters. The number of carbonyl (C=O) groups is 1. The molecule has 0 spiro atoms. The van der Waals surface area contributed by atoms with Gasteiger partial charge in [-0.25, -0.2) is 0 Å². The molecule has 7 heteroatoms. The van der Waals surface area contributed by atoms with Crippen molar-refractivity contribution >= 4 is 34.1 Å². The van der Waals surface area contributed by atoms with Crippen molar-refractivity contribution in [1.82, 2.24) is 15.1 Å². The highest BCUT2D eigenvalue weighted by molar-refractivity contribution is 8.01. The van der Waals surface area contributed by atoms with Gasteiger partial charge in [-0.15, -0.1) is 10.2 Å². The molecule has 2 aliphatic rings. The van der Waals surface area contributed by atoms with Crippen molar-refractivity contribution in [2.75, 3.05) is 36.8 Å². The van der Waals surface area contributed by atoms with Gasteiger partial charge in [-0.05, 0) is 31.1 Å². The van der Waals surface area contributed by atoms with Gasteiger partial charge in [0.05, 0.1) is 5.75 Å². The molecule has 2 atom stereocenters. The van der Waals surface area contributed by atoms with E-state index in [0.717, 1.165) is 35.7 Å². The third-order valence-corrected chi connectivity index (χ3v) is 6.42. The second-order valence-electron chi connectivity index (χ2n) is 6.58. The molecule has 1 amide bonds. The molecule has 0 saturated carbocycles. The minimum atomic E-state index is 0.237. The predicted octanol–water partition coefficient (Wildman–Crippen LogP) is 2.73. The number of nitrogens with zero attached hydrogens (tertiary/aromatic N) is 4. The number of likely N-dealkylation sites (tertiary alicyclic amines) is 1. The first kappa shape index (κ1) is 16.1. The lowest BCUT2D eigenvalue weighted by Crippen LogP contribution is -2.43. The summed E-state index contributed by atoms with van der Waals surface area (Å²) < 4.78 is 0.911. The van der Waals surface area contributed by atoms with Crippen LogP contribution in [0.1, 0.15) is 33.1 Å². The van der Waals surface area contributed by atoms with E-state index < -0.39 is 0 Å². The minimum Gasteiger partial charge on any atom is -0.347 e. The predicted molar refractivity (Wildman–Crippen MR) is 91.6 cm³/mol. The molecule has 2 fully saturated rings. The van der Waals surface area contributed by atoms with Crippen LogP contribution in [0, 0.1) is 11.8 Å². The van der Waals surface area contributed by atoms with E-state index in [1.54, 1.807) is 11.3 Å². The lowest BCUT2D eigenvalue weighted by Gasteiger charge is -2.34. The molecule has 2 saturated heterocycles. The van der Waals surface area contributed by atoms with Gasteiger partial charge in [0.25, 0.3) is 0 Å². The molecule has 2 aliphatic heterocycles. The number of aromatic nitrogens is 2. The lowest BCUT2D eigenvalue weighted by molar-refractivity contribution is -0.130. The molecule has 0 radical (unpaired) electrons. The van der Waals surface area contributed by atoms with Gasteiger partial charge < -0.3 is 9.80 Å². The zero-order valence-electron chi connectivity index (χ0n) is 13.3. The highest BCUT2D eigenvalue weighted by Crippen LogP contribution is 2.30. The van der Waals surface area contributed by atoms with Gasteiger partial charge in [0.2, 0.25) is 11.0 Å². The number of piperidine rings is 1. The van der Waals surface area contributed by atoms with Crippen molar-refractivity contribution in [2.24, 2.45) is 11.8 Å². The van der Waals surface area contributed by atoms with Crippen molar-refractivity contribution in [2.45, 2.75) is 37.4 Å². The second-order valence-corrected chi connectivity index (χ2v) is 8.76. The van der Waals surface area contributed by atoms with Crippen LogP contribution in [0.4, 0.5) is 5.13 Å². The minimum absolute atomic E-state index is 0.237. The summed E-state index contributed by atoms with van der Waals surface area (Å²) in [4.78, 5) is 16.7. The summed E-state index contributed by atoms with van der Waals surface area (Å²) in [6.45, 7) is 8.44. The molecule has 1 aromatic heterocycles. The summed E-state index contributed by atoms with van der Waals surface area (Å²) in [5.41, 5.74) is 0. The van der Waals surface area contributed by atoms with Gasteiger partial charge >= 0.3 is 0 Å². The molecule has 3 rings (SSSR count). The van der Waals surface area contributed by atoms with Crippen LogP contribution >= 0.6 is 23.1 Å². The van der Waals surface area contributed by atoms with E-state index >= 15 is 0 Å². The monoisotopic (exact) mass is 340 g/mol. The fraction of sp³-hybridized carbons (Fsp3) is 0.800. The van der Waals surface area contributed by atoms with Gasteiger partial charge in [-0.2, -0.15) is 0 Å². The van der Waals surface area contributed by atoms with Crippen molar-refractivity contribution in [3.05, 3.63) is 0 Å². The van der Waals surface area contributed by atoms with E-state index in [1.807, 2.05) is 4.90 Å². The molecule has 0 N–H and O–H groups in total. The second kappa shape index (κ2) is 7.17. The first-order valence-electron chi connectivity index (χ1n) is 8.11. The molecule has 0 aliphatic carbocycles. The molecule has 0 aromatic carbocycles. The Morgan fingerprint density at radius 2 is 1.91 bits per heavy atom.